The average molecular weight is 158 g/mol. The van der Waals surface area contributed by atoms with Crippen LogP contribution in [-0.2, 0) is 0 Å². The predicted molar refractivity (Wildman–Crippen MR) is 34.2 cm³/mol. The van der Waals surface area contributed by atoms with E-state index in [4.69, 9.17) is 0 Å². The van der Waals surface area contributed by atoms with Crippen molar-refractivity contribution in [2.75, 3.05) is 0 Å². The van der Waals surface area contributed by atoms with Crippen LogP contribution in [-0.4, -0.2) is 16.2 Å². The fourth-order valence-electron chi connectivity index (χ4n) is 0.414. The molecule has 1 rings (SSSR count). The predicted octanol–water partition coefficient (Wildman–Crippen LogP) is 0.864. The molecule has 0 saturated heterocycles. The Hall–Kier alpha value is -1.30. The maximum atomic E-state index is 9.97. The van der Waals surface area contributed by atoms with Crippen LogP contribution >= 0.6 is 11.3 Å². The lowest BCUT2D eigenvalue weighted by atomic mass is 10.6. The topological polar surface area (TPSA) is 73.1 Å². The van der Waals surface area contributed by atoms with E-state index in [2.05, 4.69) is 4.98 Å². The minimum atomic E-state index is -0.627. The van der Waals surface area contributed by atoms with E-state index < -0.39 is 4.92 Å². The smallest absolute Gasteiger partial charge is 0.357 e. The summed E-state index contributed by atoms with van der Waals surface area (Å²) < 4.78 is 0. The molecule has 0 amide bonds. The summed E-state index contributed by atoms with van der Waals surface area (Å²) in [5, 5.41) is 11.1. The zero-order valence-corrected chi connectivity index (χ0v) is 5.50. The molecule has 1 aromatic rings. The van der Waals surface area contributed by atoms with Gasteiger partial charge >= 0.3 is 5.13 Å². The fourth-order valence-corrected chi connectivity index (χ4v) is 0.993. The summed E-state index contributed by atoms with van der Waals surface area (Å²) in [5.41, 5.74) is 0.108. The number of hydrogen-bond donors (Lipinski definition) is 0. The maximum absolute atomic E-state index is 9.97. The molecule has 0 saturated carbocycles. The Bertz CT molecular complexity index is 269. The molecule has 0 N–H and O–H groups in total. The average Bonchev–Trinajstić information content (AvgIpc) is 2.34. The third-order valence-corrected chi connectivity index (χ3v) is 1.60. The van der Waals surface area contributed by atoms with Crippen LogP contribution in [0, 0.1) is 10.1 Å². The summed E-state index contributed by atoms with van der Waals surface area (Å²) in [4.78, 5) is 22.7. The highest BCUT2D eigenvalue weighted by Gasteiger charge is 2.11. The molecule has 0 aromatic carbocycles. The number of carbonyl (C=O) groups excluding carboxylic acids is 1. The van der Waals surface area contributed by atoms with Gasteiger partial charge < -0.3 is 10.1 Å². The zero-order valence-electron chi connectivity index (χ0n) is 4.68. The van der Waals surface area contributed by atoms with Gasteiger partial charge in [-0.3, -0.25) is 4.79 Å². The van der Waals surface area contributed by atoms with Crippen LogP contribution in [0.1, 0.15) is 10.5 Å². The van der Waals surface area contributed by atoms with Crippen molar-refractivity contribution in [3.63, 3.8) is 0 Å². The number of aldehydes is 1. The van der Waals surface area contributed by atoms with Gasteiger partial charge in [-0.1, -0.05) is 0 Å². The summed E-state index contributed by atoms with van der Waals surface area (Å²) in [6.45, 7) is 0. The molecule has 0 atom stereocenters. The third kappa shape index (κ3) is 1.16. The number of rotatable bonds is 2. The van der Waals surface area contributed by atoms with Gasteiger partial charge in [0.2, 0.25) is 5.69 Å². The number of thiazole rings is 1. The Morgan fingerprint density at radius 2 is 2.50 bits per heavy atom. The van der Waals surface area contributed by atoms with Crippen LogP contribution in [0.2, 0.25) is 0 Å². The first-order valence-electron chi connectivity index (χ1n) is 2.29. The van der Waals surface area contributed by atoms with Gasteiger partial charge in [0.25, 0.3) is 0 Å². The molecule has 0 aliphatic carbocycles. The van der Waals surface area contributed by atoms with Crippen molar-refractivity contribution in [2.45, 2.75) is 0 Å². The summed E-state index contributed by atoms with van der Waals surface area (Å²) in [6.07, 6.45) is 0.476. The molecule has 6 heteroatoms. The minimum Gasteiger partial charge on any atom is -0.357 e. The number of nitro groups is 1. The van der Waals surface area contributed by atoms with Crippen LogP contribution in [0.15, 0.2) is 5.38 Å². The zero-order chi connectivity index (χ0) is 7.56. The molecule has 1 aromatic heterocycles. The highest BCUT2D eigenvalue weighted by molar-refractivity contribution is 7.13. The minimum absolute atomic E-state index is 0.108. The van der Waals surface area contributed by atoms with Crippen molar-refractivity contribution in [2.24, 2.45) is 0 Å². The molecule has 0 aliphatic heterocycles. The van der Waals surface area contributed by atoms with E-state index in [1.165, 1.54) is 5.38 Å². The van der Waals surface area contributed by atoms with Crippen molar-refractivity contribution < 1.29 is 9.72 Å². The third-order valence-electron chi connectivity index (χ3n) is 0.787. The standard InChI is InChI=1S/C4H2N2O3S/c7-1-3-2-10-4(5-3)6(8)9/h1-2H. The Kier molecular flexibility index (Phi) is 1.72. The van der Waals surface area contributed by atoms with E-state index in [-0.39, 0.29) is 10.8 Å². The maximum Gasteiger partial charge on any atom is 0.423 e. The molecular weight excluding hydrogens is 156 g/mol. The fraction of sp³-hybridized carbons (Fsp3) is 0. The number of nitrogens with zero attached hydrogens (tertiary/aromatic N) is 2. The molecular formula is C4H2N2O3S. The van der Waals surface area contributed by atoms with Gasteiger partial charge in [0.05, 0.1) is 5.38 Å². The van der Waals surface area contributed by atoms with Gasteiger partial charge in [0.15, 0.2) is 6.29 Å². The Balaban J connectivity index is 2.98. The van der Waals surface area contributed by atoms with Crippen molar-refractivity contribution >= 4 is 22.8 Å². The van der Waals surface area contributed by atoms with Gasteiger partial charge in [-0.05, 0) is 21.2 Å². The molecule has 0 spiro atoms. The van der Waals surface area contributed by atoms with Gasteiger partial charge in [0.1, 0.15) is 0 Å². The Morgan fingerprint density at radius 3 is 2.80 bits per heavy atom. The monoisotopic (exact) mass is 158 g/mol. The van der Waals surface area contributed by atoms with Crippen molar-refractivity contribution in [3.8, 4) is 0 Å². The van der Waals surface area contributed by atoms with Crippen molar-refractivity contribution in [3.05, 3.63) is 21.2 Å². The molecule has 5 nitrogen and oxygen atoms in total. The van der Waals surface area contributed by atoms with Crippen LogP contribution in [0.25, 0.3) is 0 Å². The second-order valence-corrected chi connectivity index (χ2v) is 2.27. The van der Waals surface area contributed by atoms with Crippen LogP contribution in [0.5, 0.6) is 0 Å². The highest BCUT2D eigenvalue weighted by Crippen LogP contribution is 2.15. The van der Waals surface area contributed by atoms with Crippen molar-refractivity contribution in [1.82, 2.24) is 4.98 Å². The largest absolute Gasteiger partial charge is 0.423 e. The lowest BCUT2D eigenvalue weighted by molar-refractivity contribution is -0.384. The summed E-state index contributed by atoms with van der Waals surface area (Å²) in [7, 11) is 0. The van der Waals surface area contributed by atoms with Gasteiger partial charge in [-0.15, -0.1) is 0 Å². The first-order chi connectivity index (χ1) is 4.74. The SMILES string of the molecule is O=Cc1csc([N+](=O)[O-])n1. The first-order valence-corrected chi connectivity index (χ1v) is 3.17. The Morgan fingerprint density at radius 1 is 1.80 bits per heavy atom. The quantitative estimate of drug-likeness (QED) is 0.363. The normalized spacial score (nSPS) is 9.20. The van der Waals surface area contributed by atoms with Crippen LogP contribution in [0.3, 0.4) is 0 Å². The molecule has 0 bridgehead atoms. The summed E-state index contributed by atoms with van der Waals surface area (Å²) in [6, 6.07) is 0. The second kappa shape index (κ2) is 2.53. The van der Waals surface area contributed by atoms with E-state index >= 15 is 0 Å². The van der Waals surface area contributed by atoms with Crippen LogP contribution in [0.4, 0.5) is 5.13 Å². The lowest BCUT2D eigenvalue weighted by Crippen LogP contribution is -1.86. The highest BCUT2D eigenvalue weighted by atomic mass is 32.1. The molecule has 1 heterocycles. The first kappa shape index (κ1) is 6.81. The van der Waals surface area contributed by atoms with E-state index in [9.17, 15) is 14.9 Å². The summed E-state index contributed by atoms with van der Waals surface area (Å²) in [5.74, 6) is 0. The van der Waals surface area contributed by atoms with Crippen LogP contribution < -0.4 is 0 Å². The van der Waals surface area contributed by atoms with E-state index in [0.717, 1.165) is 11.3 Å². The molecule has 0 radical (unpaired) electrons. The number of aromatic nitrogens is 1. The lowest BCUT2D eigenvalue weighted by Gasteiger charge is -1.80. The second-order valence-electron chi connectivity index (χ2n) is 1.43. The summed E-state index contributed by atoms with van der Waals surface area (Å²) >= 11 is 0.841. The number of hydrogen-bond acceptors (Lipinski definition) is 5. The molecule has 10 heavy (non-hydrogen) atoms. The molecule has 0 fully saturated rings. The Labute approximate surface area is 59.5 Å². The van der Waals surface area contributed by atoms with Gasteiger partial charge in [-0.2, -0.15) is 0 Å². The molecule has 0 unspecified atom stereocenters. The van der Waals surface area contributed by atoms with E-state index in [1.54, 1.807) is 0 Å². The number of carbonyl (C=O) groups is 1. The molecule has 52 valence electrons. The molecule has 0 aliphatic rings. The van der Waals surface area contributed by atoms with Gasteiger partial charge in [-0.25, -0.2) is 0 Å². The van der Waals surface area contributed by atoms with E-state index in [1.807, 2.05) is 0 Å². The van der Waals surface area contributed by atoms with Crippen molar-refractivity contribution in [1.29, 1.82) is 0 Å². The van der Waals surface area contributed by atoms with Gasteiger partial charge in [0, 0.05) is 0 Å². The van der Waals surface area contributed by atoms with E-state index in [0.29, 0.717) is 6.29 Å².